The van der Waals surface area contributed by atoms with Gasteiger partial charge < -0.3 is 10.6 Å². The number of hydrogen-bond donors (Lipinski definition) is 2. The van der Waals surface area contributed by atoms with Crippen LogP contribution in [-0.2, 0) is 11.2 Å². The van der Waals surface area contributed by atoms with Crippen molar-refractivity contribution in [2.75, 3.05) is 11.9 Å². The monoisotopic (exact) mass is 398 g/mol. The second-order valence-electron chi connectivity index (χ2n) is 6.99. The predicted molar refractivity (Wildman–Crippen MR) is 117 cm³/mol. The molecule has 0 aliphatic carbocycles. The SMILES string of the molecule is CC(=O)NC[C@@H](Cc1ccccc1)Nc1nc(-c2ccncc2)nc2cnccc12. The van der Waals surface area contributed by atoms with Crippen molar-refractivity contribution < 1.29 is 4.79 Å². The molecule has 1 atom stereocenters. The van der Waals surface area contributed by atoms with Crippen LogP contribution in [0.4, 0.5) is 5.82 Å². The Bertz CT molecular complexity index is 1130. The second kappa shape index (κ2) is 9.09. The van der Waals surface area contributed by atoms with Crippen molar-refractivity contribution in [3.8, 4) is 11.4 Å². The molecule has 1 amide bonds. The highest BCUT2D eigenvalue weighted by atomic mass is 16.1. The Labute approximate surface area is 174 Å². The summed E-state index contributed by atoms with van der Waals surface area (Å²) in [5, 5.41) is 7.32. The standard InChI is InChI=1S/C23H22N6O/c1-16(30)26-14-19(13-17-5-3-2-4-6-17)27-23-20-9-12-25-15-21(20)28-22(29-23)18-7-10-24-11-8-18/h2-12,15,19H,13-14H2,1H3,(H,26,30)(H,27,28,29)/t19-/m1/s1. The molecule has 3 aromatic heterocycles. The molecule has 7 heteroatoms. The Hall–Kier alpha value is -3.87. The van der Waals surface area contributed by atoms with Crippen molar-refractivity contribution in [2.24, 2.45) is 0 Å². The largest absolute Gasteiger partial charge is 0.365 e. The number of amides is 1. The van der Waals surface area contributed by atoms with Gasteiger partial charge in [0.1, 0.15) is 5.82 Å². The Kier molecular flexibility index (Phi) is 5.89. The average molecular weight is 398 g/mol. The number of carbonyl (C=O) groups is 1. The fourth-order valence-electron chi connectivity index (χ4n) is 3.25. The van der Waals surface area contributed by atoms with E-state index in [1.165, 1.54) is 12.5 Å². The number of fused-ring (bicyclic) bond motifs is 1. The minimum atomic E-state index is -0.0657. The third kappa shape index (κ3) is 4.75. The quantitative estimate of drug-likeness (QED) is 0.496. The van der Waals surface area contributed by atoms with Crippen molar-refractivity contribution >= 4 is 22.6 Å². The van der Waals surface area contributed by atoms with E-state index in [0.29, 0.717) is 18.2 Å². The van der Waals surface area contributed by atoms with Crippen molar-refractivity contribution in [3.63, 3.8) is 0 Å². The molecule has 0 bridgehead atoms. The summed E-state index contributed by atoms with van der Waals surface area (Å²) in [5.74, 6) is 1.24. The summed E-state index contributed by atoms with van der Waals surface area (Å²) >= 11 is 0. The summed E-state index contributed by atoms with van der Waals surface area (Å²) in [6.07, 6.45) is 7.63. The van der Waals surface area contributed by atoms with Crippen molar-refractivity contribution in [1.29, 1.82) is 0 Å². The van der Waals surface area contributed by atoms with Crippen LogP contribution in [0.5, 0.6) is 0 Å². The minimum Gasteiger partial charge on any atom is -0.365 e. The maximum atomic E-state index is 11.5. The van der Waals surface area contributed by atoms with Crippen LogP contribution >= 0.6 is 0 Å². The van der Waals surface area contributed by atoms with Gasteiger partial charge in [-0.25, -0.2) is 9.97 Å². The molecule has 4 aromatic rings. The predicted octanol–water partition coefficient (Wildman–Crippen LogP) is 3.25. The van der Waals surface area contributed by atoms with Gasteiger partial charge in [0.05, 0.1) is 11.7 Å². The number of nitrogens with one attached hydrogen (secondary N) is 2. The van der Waals surface area contributed by atoms with Crippen molar-refractivity contribution in [3.05, 3.63) is 78.9 Å². The number of pyridine rings is 2. The average Bonchev–Trinajstić information content (AvgIpc) is 2.78. The fraction of sp³-hybridized carbons (Fsp3) is 0.174. The molecule has 150 valence electrons. The Morgan fingerprint density at radius 3 is 2.50 bits per heavy atom. The van der Waals surface area contributed by atoms with E-state index in [9.17, 15) is 4.79 Å². The van der Waals surface area contributed by atoms with Crippen LogP contribution in [0.25, 0.3) is 22.3 Å². The summed E-state index contributed by atoms with van der Waals surface area (Å²) in [5.41, 5.74) is 2.80. The molecular formula is C23H22N6O. The molecule has 0 saturated heterocycles. The lowest BCUT2D eigenvalue weighted by Gasteiger charge is -2.21. The second-order valence-corrected chi connectivity index (χ2v) is 6.99. The van der Waals surface area contributed by atoms with Gasteiger partial charge in [-0.05, 0) is 30.2 Å². The zero-order valence-corrected chi connectivity index (χ0v) is 16.6. The molecule has 7 nitrogen and oxygen atoms in total. The van der Waals surface area contributed by atoms with E-state index in [2.05, 4.69) is 37.7 Å². The Morgan fingerprint density at radius 1 is 0.967 bits per heavy atom. The van der Waals surface area contributed by atoms with E-state index in [1.54, 1.807) is 24.8 Å². The molecule has 30 heavy (non-hydrogen) atoms. The van der Waals surface area contributed by atoms with Crippen LogP contribution in [0.15, 0.2) is 73.3 Å². The van der Waals surface area contributed by atoms with Gasteiger partial charge >= 0.3 is 0 Å². The molecule has 0 saturated carbocycles. The van der Waals surface area contributed by atoms with Crippen LogP contribution in [0, 0.1) is 0 Å². The van der Waals surface area contributed by atoms with Gasteiger partial charge in [0, 0.05) is 49.1 Å². The zero-order chi connectivity index (χ0) is 20.8. The van der Waals surface area contributed by atoms with Crippen LogP contribution < -0.4 is 10.6 Å². The molecule has 0 spiro atoms. The van der Waals surface area contributed by atoms with E-state index >= 15 is 0 Å². The number of nitrogens with zero attached hydrogens (tertiary/aromatic N) is 4. The molecule has 0 radical (unpaired) electrons. The first-order chi connectivity index (χ1) is 14.7. The summed E-state index contributed by atoms with van der Waals surface area (Å²) in [7, 11) is 0. The van der Waals surface area contributed by atoms with Crippen LogP contribution in [-0.4, -0.2) is 38.4 Å². The molecule has 1 aromatic carbocycles. The van der Waals surface area contributed by atoms with E-state index in [-0.39, 0.29) is 11.9 Å². The maximum absolute atomic E-state index is 11.5. The number of hydrogen-bond acceptors (Lipinski definition) is 6. The zero-order valence-electron chi connectivity index (χ0n) is 16.6. The smallest absolute Gasteiger partial charge is 0.216 e. The highest BCUT2D eigenvalue weighted by Gasteiger charge is 2.15. The summed E-state index contributed by atoms with van der Waals surface area (Å²) in [6.45, 7) is 2.00. The molecule has 0 unspecified atom stereocenters. The highest BCUT2D eigenvalue weighted by molar-refractivity contribution is 5.90. The molecule has 0 aliphatic heterocycles. The van der Waals surface area contributed by atoms with Gasteiger partial charge in [-0.1, -0.05) is 30.3 Å². The van der Waals surface area contributed by atoms with Crippen LogP contribution in [0.2, 0.25) is 0 Å². The van der Waals surface area contributed by atoms with Gasteiger partial charge in [0.25, 0.3) is 0 Å². The first-order valence-corrected chi connectivity index (χ1v) is 9.76. The number of benzene rings is 1. The summed E-state index contributed by atoms with van der Waals surface area (Å²) < 4.78 is 0. The lowest BCUT2D eigenvalue weighted by Crippen LogP contribution is -2.37. The summed E-state index contributed by atoms with van der Waals surface area (Å²) in [6, 6.07) is 15.8. The minimum absolute atomic E-state index is 0.0483. The highest BCUT2D eigenvalue weighted by Crippen LogP contribution is 2.25. The fourth-order valence-corrected chi connectivity index (χ4v) is 3.25. The van der Waals surface area contributed by atoms with Crippen molar-refractivity contribution in [1.82, 2.24) is 25.3 Å². The molecule has 2 N–H and O–H groups in total. The van der Waals surface area contributed by atoms with Crippen molar-refractivity contribution in [2.45, 2.75) is 19.4 Å². The molecule has 4 rings (SSSR count). The molecular weight excluding hydrogens is 376 g/mol. The molecule has 0 aliphatic rings. The molecule has 3 heterocycles. The van der Waals surface area contributed by atoms with Gasteiger partial charge in [0.15, 0.2) is 5.82 Å². The van der Waals surface area contributed by atoms with E-state index < -0.39 is 0 Å². The first kappa shape index (κ1) is 19.4. The van der Waals surface area contributed by atoms with E-state index in [1.807, 2.05) is 36.4 Å². The Balaban J connectivity index is 1.70. The first-order valence-electron chi connectivity index (χ1n) is 9.76. The maximum Gasteiger partial charge on any atom is 0.216 e. The third-order valence-corrected chi connectivity index (χ3v) is 4.70. The topological polar surface area (TPSA) is 92.7 Å². The van der Waals surface area contributed by atoms with E-state index in [4.69, 9.17) is 4.98 Å². The number of anilines is 1. The van der Waals surface area contributed by atoms with Gasteiger partial charge in [-0.3, -0.25) is 14.8 Å². The van der Waals surface area contributed by atoms with Crippen LogP contribution in [0.1, 0.15) is 12.5 Å². The number of carbonyl (C=O) groups excluding carboxylic acids is 1. The van der Waals surface area contributed by atoms with Gasteiger partial charge in [-0.2, -0.15) is 0 Å². The summed E-state index contributed by atoms with van der Waals surface area (Å²) in [4.78, 5) is 29.3. The van der Waals surface area contributed by atoms with E-state index in [0.717, 1.165) is 22.9 Å². The van der Waals surface area contributed by atoms with Gasteiger partial charge in [0.2, 0.25) is 5.91 Å². The lowest BCUT2D eigenvalue weighted by atomic mass is 10.1. The third-order valence-electron chi connectivity index (χ3n) is 4.70. The van der Waals surface area contributed by atoms with Crippen LogP contribution in [0.3, 0.4) is 0 Å². The normalized spacial score (nSPS) is 11.8. The Morgan fingerprint density at radius 2 is 1.73 bits per heavy atom. The number of rotatable bonds is 7. The van der Waals surface area contributed by atoms with Gasteiger partial charge in [-0.15, -0.1) is 0 Å². The molecule has 0 fully saturated rings. The number of aromatic nitrogens is 4. The lowest BCUT2D eigenvalue weighted by molar-refractivity contribution is -0.119.